The summed E-state index contributed by atoms with van der Waals surface area (Å²) in [7, 11) is -1.67. The first-order valence-corrected chi connectivity index (χ1v) is 9.42. The number of benzene rings is 1. The maximum atomic E-state index is 13.0. The lowest BCUT2D eigenvalue weighted by molar-refractivity contribution is -0.146. The van der Waals surface area contributed by atoms with Crippen LogP contribution < -0.4 is 0 Å². The number of fused-ring (bicyclic) bond motifs is 1. The topological polar surface area (TPSA) is 17.8 Å². The molecular formula is C12H15F3N2Si. The molecule has 1 aromatic heterocycles. The predicted molar refractivity (Wildman–Crippen MR) is 68.1 cm³/mol. The summed E-state index contributed by atoms with van der Waals surface area (Å²) in [5, 5.41) is 0. The third-order valence-electron chi connectivity index (χ3n) is 2.54. The lowest BCUT2D eigenvalue weighted by atomic mass is 10.3. The highest BCUT2D eigenvalue weighted by Gasteiger charge is 2.38. The van der Waals surface area contributed by atoms with Crippen LogP contribution in [0.25, 0.3) is 11.0 Å². The number of aromatic nitrogens is 2. The summed E-state index contributed by atoms with van der Waals surface area (Å²) in [6.07, 6.45) is -3.99. The Morgan fingerprint density at radius 3 is 2.33 bits per heavy atom. The Hall–Kier alpha value is -1.30. The first-order chi connectivity index (χ1) is 8.18. The maximum absolute atomic E-state index is 13.0. The van der Waals surface area contributed by atoms with Crippen LogP contribution in [-0.4, -0.2) is 17.6 Å². The van der Waals surface area contributed by atoms with Gasteiger partial charge in [0.1, 0.15) is 0 Å². The minimum atomic E-state index is -4.40. The minimum Gasteiger partial charge on any atom is -0.323 e. The Kier molecular flexibility index (Phi) is 3.00. The molecule has 0 N–H and O–H groups in total. The molecule has 18 heavy (non-hydrogen) atoms. The largest absolute Gasteiger partial charge is 0.449 e. The third kappa shape index (κ3) is 2.58. The zero-order valence-electron chi connectivity index (χ0n) is 10.5. The van der Waals surface area contributed by atoms with Gasteiger partial charge in [-0.15, -0.1) is 0 Å². The van der Waals surface area contributed by atoms with Gasteiger partial charge in [0.25, 0.3) is 0 Å². The molecule has 2 nitrogen and oxygen atoms in total. The molecule has 0 amide bonds. The van der Waals surface area contributed by atoms with E-state index in [2.05, 4.69) is 4.98 Å². The predicted octanol–water partition coefficient (Wildman–Crippen LogP) is 3.93. The van der Waals surface area contributed by atoms with E-state index < -0.39 is 20.1 Å². The van der Waals surface area contributed by atoms with Crippen LogP contribution >= 0.6 is 0 Å². The molecule has 0 radical (unpaired) electrons. The molecule has 0 spiro atoms. The summed E-state index contributed by atoms with van der Waals surface area (Å²) in [6, 6.07) is 6.75. The molecule has 1 aromatic carbocycles. The molecule has 6 heteroatoms. The minimum absolute atomic E-state index is 0.406. The van der Waals surface area contributed by atoms with E-state index in [0.717, 1.165) is 0 Å². The van der Waals surface area contributed by atoms with Crippen LogP contribution in [0.4, 0.5) is 13.2 Å². The van der Waals surface area contributed by atoms with E-state index in [4.69, 9.17) is 0 Å². The van der Waals surface area contributed by atoms with Gasteiger partial charge < -0.3 is 4.57 Å². The van der Waals surface area contributed by atoms with Crippen LogP contribution in [0.3, 0.4) is 0 Å². The number of nitrogens with zero attached hydrogens (tertiary/aromatic N) is 2. The van der Waals surface area contributed by atoms with Gasteiger partial charge in [-0.1, -0.05) is 31.8 Å². The monoisotopic (exact) mass is 272 g/mol. The van der Waals surface area contributed by atoms with Crippen molar-refractivity contribution in [2.24, 2.45) is 0 Å². The second kappa shape index (κ2) is 4.12. The Labute approximate surface area is 104 Å². The van der Waals surface area contributed by atoms with Crippen molar-refractivity contribution in [1.29, 1.82) is 0 Å². The number of hydrogen-bond acceptors (Lipinski definition) is 1. The molecule has 0 bridgehead atoms. The molecule has 0 fully saturated rings. The van der Waals surface area contributed by atoms with Gasteiger partial charge in [0.15, 0.2) is 0 Å². The van der Waals surface area contributed by atoms with E-state index in [1.54, 1.807) is 24.3 Å². The Morgan fingerprint density at radius 2 is 1.78 bits per heavy atom. The van der Waals surface area contributed by atoms with Gasteiger partial charge in [0.05, 0.1) is 19.1 Å². The molecule has 0 saturated heterocycles. The van der Waals surface area contributed by atoms with Crippen LogP contribution in [-0.2, 0) is 12.3 Å². The first kappa shape index (κ1) is 13.1. The van der Waals surface area contributed by atoms with Gasteiger partial charge >= 0.3 is 6.18 Å². The van der Waals surface area contributed by atoms with Crippen molar-refractivity contribution in [1.82, 2.24) is 9.55 Å². The molecule has 0 atom stereocenters. The second-order valence-corrected chi connectivity index (χ2v) is 11.0. The summed E-state index contributed by atoms with van der Waals surface area (Å²) >= 11 is 0. The number of rotatable bonds is 2. The van der Waals surface area contributed by atoms with Crippen LogP contribution in [0, 0.1) is 0 Å². The fraction of sp³-hybridized carbons (Fsp3) is 0.417. The van der Waals surface area contributed by atoms with Crippen molar-refractivity contribution in [3.8, 4) is 0 Å². The molecule has 98 valence electrons. The van der Waals surface area contributed by atoms with Gasteiger partial charge in [-0.25, -0.2) is 4.98 Å². The van der Waals surface area contributed by atoms with Crippen molar-refractivity contribution < 1.29 is 13.2 Å². The van der Waals surface area contributed by atoms with Crippen molar-refractivity contribution in [3.05, 3.63) is 30.1 Å². The third-order valence-corrected chi connectivity index (χ3v) is 3.81. The first-order valence-electron chi connectivity index (χ1n) is 5.71. The zero-order valence-corrected chi connectivity index (χ0v) is 11.5. The Morgan fingerprint density at radius 1 is 1.17 bits per heavy atom. The van der Waals surface area contributed by atoms with Gasteiger partial charge in [-0.05, 0) is 12.1 Å². The standard InChI is InChI=1S/C12H15F3N2Si/c1-18(2,3)8-17-10-7-5-4-6-9(10)16-11(17)12(13,14)15/h4-7H,8H2,1-3H3. The van der Waals surface area contributed by atoms with E-state index in [9.17, 15) is 13.2 Å². The average Bonchev–Trinajstić information content (AvgIpc) is 2.55. The zero-order chi connectivity index (χ0) is 13.6. The smallest absolute Gasteiger partial charge is 0.323 e. The highest BCUT2D eigenvalue weighted by Crippen LogP contribution is 2.32. The maximum Gasteiger partial charge on any atom is 0.449 e. The SMILES string of the molecule is C[Si](C)(C)Cn1c(C(F)(F)F)nc2ccccc21. The average molecular weight is 272 g/mol. The summed E-state index contributed by atoms with van der Waals surface area (Å²) in [4.78, 5) is 3.73. The van der Waals surface area contributed by atoms with Gasteiger partial charge in [-0.2, -0.15) is 13.2 Å². The highest BCUT2D eigenvalue weighted by molar-refractivity contribution is 6.75. The molecule has 2 rings (SSSR count). The lowest BCUT2D eigenvalue weighted by Gasteiger charge is -2.20. The molecule has 0 aliphatic heterocycles. The van der Waals surface area contributed by atoms with Crippen molar-refractivity contribution >= 4 is 19.1 Å². The molecule has 0 aliphatic carbocycles. The van der Waals surface area contributed by atoms with Crippen LogP contribution in [0.5, 0.6) is 0 Å². The van der Waals surface area contributed by atoms with Crippen LogP contribution in [0.2, 0.25) is 19.6 Å². The Balaban J connectivity index is 2.66. The number of imidazole rings is 1. The number of para-hydroxylation sites is 2. The molecule has 0 unspecified atom stereocenters. The van der Waals surface area contributed by atoms with E-state index in [0.29, 0.717) is 17.2 Å². The molecular weight excluding hydrogens is 257 g/mol. The van der Waals surface area contributed by atoms with Crippen molar-refractivity contribution in [2.45, 2.75) is 32.0 Å². The second-order valence-electron chi connectivity index (χ2n) is 5.57. The molecule has 1 heterocycles. The van der Waals surface area contributed by atoms with Gasteiger partial charge in [-0.3, -0.25) is 0 Å². The fourth-order valence-electron chi connectivity index (χ4n) is 1.93. The molecule has 0 aliphatic rings. The van der Waals surface area contributed by atoms with E-state index in [1.807, 2.05) is 19.6 Å². The summed E-state index contributed by atoms with van der Waals surface area (Å²) in [5.41, 5.74) is 0.968. The van der Waals surface area contributed by atoms with Crippen LogP contribution in [0.1, 0.15) is 5.82 Å². The van der Waals surface area contributed by atoms with Crippen molar-refractivity contribution in [3.63, 3.8) is 0 Å². The number of hydrogen-bond donors (Lipinski definition) is 0. The Bertz CT molecular complexity index is 567. The highest BCUT2D eigenvalue weighted by atomic mass is 28.3. The summed E-state index contributed by atoms with van der Waals surface area (Å²) in [6.45, 7) is 6.13. The van der Waals surface area contributed by atoms with Gasteiger partial charge in [0.2, 0.25) is 5.82 Å². The number of halogens is 3. The summed E-state index contributed by atoms with van der Waals surface area (Å²) in [5.74, 6) is -0.786. The number of alkyl halides is 3. The van der Waals surface area contributed by atoms with Crippen LogP contribution in [0.15, 0.2) is 24.3 Å². The molecule has 2 aromatic rings. The van der Waals surface area contributed by atoms with Gasteiger partial charge in [0, 0.05) is 6.17 Å². The van der Waals surface area contributed by atoms with E-state index in [1.165, 1.54) is 4.57 Å². The fourth-order valence-corrected chi connectivity index (χ4v) is 3.20. The quantitative estimate of drug-likeness (QED) is 0.757. The lowest BCUT2D eigenvalue weighted by Crippen LogP contribution is -2.30. The normalized spacial score (nSPS) is 13.2. The van der Waals surface area contributed by atoms with Crippen molar-refractivity contribution in [2.75, 3.05) is 0 Å². The van der Waals surface area contributed by atoms with E-state index in [-0.39, 0.29) is 0 Å². The molecule has 0 saturated carbocycles. The van der Waals surface area contributed by atoms with E-state index >= 15 is 0 Å². The summed E-state index contributed by atoms with van der Waals surface area (Å²) < 4.78 is 40.3.